The highest BCUT2D eigenvalue weighted by molar-refractivity contribution is 6.27. The van der Waals surface area contributed by atoms with Gasteiger partial charge >= 0.3 is 11.9 Å². The summed E-state index contributed by atoms with van der Waals surface area (Å²) in [5.41, 5.74) is 0. The predicted octanol–water partition coefficient (Wildman–Crippen LogP) is -0.720. The molecule has 1 aromatic rings. The molecule has 2 amide bonds. The Morgan fingerprint density at radius 3 is 2.14 bits per heavy atom. The topological polar surface area (TPSA) is 158 Å². The maximum absolute atomic E-state index is 11.7. The summed E-state index contributed by atoms with van der Waals surface area (Å²) in [5.74, 6) is -3.20. The van der Waals surface area contributed by atoms with E-state index in [1.807, 2.05) is 0 Å². The van der Waals surface area contributed by atoms with Crippen molar-refractivity contribution in [2.75, 3.05) is 39.4 Å². The Kier molecular flexibility index (Phi) is 11.0. The maximum Gasteiger partial charge on any atom is 0.414 e. The van der Waals surface area contributed by atoms with Crippen LogP contribution in [-0.2, 0) is 30.5 Å². The summed E-state index contributed by atoms with van der Waals surface area (Å²) in [6, 6.07) is 3.56. The number of hydrogen-bond acceptors (Lipinski definition) is 7. The molecule has 28 heavy (non-hydrogen) atoms. The molecule has 0 spiro atoms. The van der Waals surface area contributed by atoms with E-state index in [-0.39, 0.29) is 24.7 Å². The molecular weight excluding hydrogens is 374 g/mol. The first-order valence-electron chi connectivity index (χ1n) is 8.70. The second kappa shape index (κ2) is 13.3. The zero-order chi connectivity index (χ0) is 20.8. The van der Waals surface area contributed by atoms with Crippen LogP contribution in [0.2, 0.25) is 0 Å². The molecule has 2 heterocycles. The standard InChI is InChI=1S/C15H23N3O4.C2H2O4/c19-14(16-5-6-18-7-10-21-11-8-18)3-4-15(20)17-12-13-2-1-9-22-13;3-1(4)2(5)6/h1-2,9H,3-8,10-12H2,(H,16,19)(H,17,20);(H,3,4)(H,5,6). The molecular formula is C17H25N3O8. The number of aliphatic carboxylic acids is 2. The lowest BCUT2D eigenvalue weighted by atomic mass is 10.2. The molecule has 11 nitrogen and oxygen atoms in total. The number of hydrogen-bond donors (Lipinski definition) is 4. The van der Waals surface area contributed by atoms with Gasteiger partial charge in [0.1, 0.15) is 5.76 Å². The average molecular weight is 399 g/mol. The van der Waals surface area contributed by atoms with E-state index in [4.69, 9.17) is 29.0 Å². The number of carboxylic acids is 2. The highest BCUT2D eigenvalue weighted by Crippen LogP contribution is 1.99. The second-order valence-corrected chi connectivity index (χ2v) is 5.77. The number of nitrogens with zero attached hydrogens (tertiary/aromatic N) is 1. The van der Waals surface area contributed by atoms with Crippen LogP contribution in [0.5, 0.6) is 0 Å². The number of ether oxygens (including phenoxy) is 1. The number of nitrogens with one attached hydrogen (secondary N) is 2. The molecule has 0 radical (unpaired) electrons. The quantitative estimate of drug-likeness (QED) is 0.414. The van der Waals surface area contributed by atoms with Gasteiger partial charge in [0, 0.05) is 39.0 Å². The summed E-state index contributed by atoms with van der Waals surface area (Å²) in [4.78, 5) is 43.7. The largest absolute Gasteiger partial charge is 0.473 e. The first-order chi connectivity index (χ1) is 13.4. The molecule has 1 fully saturated rings. The molecule has 1 aliphatic heterocycles. The van der Waals surface area contributed by atoms with Crippen molar-refractivity contribution in [3.8, 4) is 0 Å². The van der Waals surface area contributed by atoms with Crippen LogP contribution in [-0.4, -0.2) is 78.3 Å². The van der Waals surface area contributed by atoms with Gasteiger partial charge in [-0.1, -0.05) is 0 Å². The van der Waals surface area contributed by atoms with Gasteiger partial charge in [-0.3, -0.25) is 14.5 Å². The fourth-order valence-electron chi connectivity index (χ4n) is 2.18. The summed E-state index contributed by atoms with van der Waals surface area (Å²) in [7, 11) is 0. The van der Waals surface area contributed by atoms with Crippen molar-refractivity contribution >= 4 is 23.8 Å². The fraction of sp³-hybridized carbons (Fsp3) is 0.529. The van der Waals surface area contributed by atoms with Gasteiger partial charge in [0.2, 0.25) is 11.8 Å². The number of amides is 2. The molecule has 0 bridgehead atoms. The van der Waals surface area contributed by atoms with Crippen molar-refractivity contribution in [2.24, 2.45) is 0 Å². The molecule has 0 aliphatic carbocycles. The fourth-order valence-corrected chi connectivity index (χ4v) is 2.18. The summed E-state index contributed by atoms with van der Waals surface area (Å²) in [6.45, 7) is 5.10. The molecule has 1 saturated heterocycles. The van der Waals surface area contributed by atoms with Crippen LogP contribution in [0.3, 0.4) is 0 Å². The molecule has 4 N–H and O–H groups in total. The highest BCUT2D eigenvalue weighted by atomic mass is 16.5. The van der Waals surface area contributed by atoms with Gasteiger partial charge in [0.15, 0.2) is 0 Å². The molecule has 0 aromatic carbocycles. The summed E-state index contributed by atoms with van der Waals surface area (Å²) >= 11 is 0. The number of carbonyl (C=O) groups excluding carboxylic acids is 2. The van der Waals surface area contributed by atoms with Crippen LogP contribution < -0.4 is 10.6 Å². The maximum atomic E-state index is 11.7. The molecule has 0 unspecified atom stereocenters. The summed E-state index contributed by atoms with van der Waals surface area (Å²) in [6.07, 6.45) is 1.95. The summed E-state index contributed by atoms with van der Waals surface area (Å²) < 4.78 is 10.4. The molecule has 0 atom stereocenters. The molecule has 11 heteroatoms. The Bertz CT molecular complexity index is 614. The Morgan fingerprint density at radius 2 is 1.61 bits per heavy atom. The van der Waals surface area contributed by atoms with Crippen molar-refractivity contribution in [3.63, 3.8) is 0 Å². The van der Waals surface area contributed by atoms with Crippen LogP contribution in [0.15, 0.2) is 22.8 Å². The minimum atomic E-state index is -1.82. The van der Waals surface area contributed by atoms with E-state index >= 15 is 0 Å². The van der Waals surface area contributed by atoms with E-state index in [0.29, 0.717) is 18.8 Å². The van der Waals surface area contributed by atoms with Gasteiger partial charge in [-0.05, 0) is 12.1 Å². The minimum Gasteiger partial charge on any atom is -0.473 e. The average Bonchev–Trinajstić information content (AvgIpc) is 3.19. The van der Waals surface area contributed by atoms with E-state index in [1.54, 1.807) is 18.4 Å². The van der Waals surface area contributed by atoms with Crippen molar-refractivity contribution in [1.29, 1.82) is 0 Å². The van der Waals surface area contributed by atoms with Crippen LogP contribution >= 0.6 is 0 Å². The van der Waals surface area contributed by atoms with Crippen LogP contribution in [0.4, 0.5) is 0 Å². The van der Waals surface area contributed by atoms with E-state index in [0.717, 1.165) is 32.8 Å². The minimum absolute atomic E-state index is 0.0959. The molecule has 2 rings (SSSR count). The number of morpholine rings is 1. The zero-order valence-electron chi connectivity index (χ0n) is 15.4. The third-order valence-electron chi connectivity index (χ3n) is 3.66. The smallest absolute Gasteiger partial charge is 0.414 e. The summed E-state index contributed by atoms with van der Waals surface area (Å²) in [5, 5.41) is 20.3. The first-order valence-corrected chi connectivity index (χ1v) is 8.70. The van der Waals surface area contributed by atoms with Crippen molar-refractivity contribution in [3.05, 3.63) is 24.2 Å². The molecule has 1 aliphatic rings. The monoisotopic (exact) mass is 399 g/mol. The van der Waals surface area contributed by atoms with Crippen LogP contribution in [0.1, 0.15) is 18.6 Å². The van der Waals surface area contributed by atoms with Gasteiger partial charge in [-0.15, -0.1) is 0 Å². The lowest BCUT2D eigenvalue weighted by Gasteiger charge is -2.26. The van der Waals surface area contributed by atoms with Gasteiger partial charge in [0.25, 0.3) is 0 Å². The molecule has 1 aromatic heterocycles. The molecule has 156 valence electrons. The van der Waals surface area contributed by atoms with Crippen molar-refractivity contribution in [1.82, 2.24) is 15.5 Å². The van der Waals surface area contributed by atoms with Gasteiger partial charge in [0.05, 0.1) is 26.0 Å². The lowest BCUT2D eigenvalue weighted by molar-refractivity contribution is -0.159. The van der Waals surface area contributed by atoms with E-state index in [2.05, 4.69) is 15.5 Å². The zero-order valence-corrected chi connectivity index (χ0v) is 15.4. The highest BCUT2D eigenvalue weighted by Gasteiger charge is 2.11. The third-order valence-corrected chi connectivity index (χ3v) is 3.66. The predicted molar refractivity (Wildman–Crippen MR) is 95.3 cm³/mol. The van der Waals surface area contributed by atoms with E-state index in [9.17, 15) is 9.59 Å². The lowest BCUT2D eigenvalue weighted by Crippen LogP contribution is -2.41. The van der Waals surface area contributed by atoms with Gasteiger partial charge in [-0.25, -0.2) is 9.59 Å². The Balaban J connectivity index is 0.000000568. The Hall–Kier alpha value is -2.92. The second-order valence-electron chi connectivity index (χ2n) is 5.77. The molecule has 0 saturated carbocycles. The normalized spacial score (nSPS) is 13.7. The van der Waals surface area contributed by atoms with Crippen LogP contribution in [0.25, 0.3) is 0 Å². The Morgan fingerprint density at radius 1 is 1.00 bits per heavy atom. The van der Waals surface area contributed by atoms with Gasteiger partial charge in [-0.2, -0.15) is 0 Å². The number of rotatable bonds is 8. The SMILES string of the molecule is O=C(CCC(=O)NCc1ccco1)NCCN1CCOCC1.O=C(O)C(=O)O. The van der Waals surface area contributed by atoms with E-state index in [1.165, 1.54) is 0 Å². The number of carbonyl (C=O) groups is 4. The van der Waals surface area contributed by atoms with Crippen molar-refractivity contribution in [2.45, 2.75) is 19.4 Å². The number of carboxylic acid groups (broad SMARTS) is 2. The first kappa shape index (κ1) is 23.1. The van der Waals surface area contributed by atoms with E-state index < -0.39 is 11.9 Å². The third kappa shape index (κ3) is 10.9. The van der Waals surface area contributed by atoms with Gasteiger partial charge < -0.3 is 30.0 Å². The number of furan rings is 1. The Labute approximate surface area is 161 Å². The van der Waals surface area contributed by atoms with Crippen molar-refractivity contribution < 1.29 is 38.5 Å². The van der Waals surface area contributed by atoms with Crippen LogP contribution in [0, 0.1) is 0 Å².